The molecule has 8 rings (SSSR count). The minimum atomic E-state index is -1.19. The lowest BCUT2D eigenvalue weighted by Crippen LogP contribution is -2.56. The second kappa shape index (κ2) is 10.9. The first kappa shape index (κ1) is 30.6. The Labute approximate surface area is 275 Å². The highest BCUT2D eigenvalue weighted by Crippen LogP contribution is 2.51. The van der Waals surface area contributed by atoms with Gasteiger partial charge in [0.15, 0.2) is 17.5 Å². The van der Waals surface area contributed by atoms with E-state index in [4.69, 9.17) is 15.5 Å². The molecule has 4 aromatic rings. The Morgan fingerprint density at radius 2 is 1.85 bits per heavy atom. The van der Waals surface area contributed by atoms with Crippen molar-refractivity contribution in [1.29, 1.82) is 5.26 Å². The van der Waals surface area contributed by atoms with Crippen LogP contribution in [0.2, 0.25) is 0 Å². The summed E-state index contributed by atoms with van der Waals surface area (Å²) in [6.45, 7) is 4.37. The van der Waals surface area contributed by atoms with Gasteiger partial charge in [0.05, 0.1) is 22.3 Å². The predicted molar refractivity (Wildman–Crippen MR) is 176 cm³/mol. The molecule has 4 aliphatic rings. The molecular weight excluding hydrogens is 625 g/mol. The van der Waals surface area contributed by atoms with Gasteiger partial charge < -0.3 is 25.2 Å². The lowest BCUT2D eigenvalue weighted by atomic mass is 9.75. The van der Waals surface area contributed by atoms with Gasteiger partial charge in [0, 0.05) is 61.3 Å². The number of nitriles is 1. The zero-order valence-corrected chi connectivity index (χ0v) is 27.6. The van der Waals surface area contributed by atoms with E-state index in [1.165, 1.54) is 12.6 Å². The largest absolute Gasteiger partial charge is 0.463 e. The maximum Gasteiger partial charge on any atom is 0.319 e. The second-order valence-electron chi connectivity index (χ2n) is 14.5. The van der Waals surface area contributed by atoms with Gasteiger partial charge in [-0.1, -0.05) is 0 Å². The molecule has 0 bridgehead atoms. The van der Waals surface area contributed by atoms with Crippen molar-refractivity contribution in [1.82, 2.24) is 24.8 Å². The molecular formula is C34H37F3N8OS. The molecule has 1 aliphatic heterocycles. The summed E-state index contributed by atoms with van der Waals surface area (Å²) in [4.78, 5) is 20.6. The highest BCUT2D eigenvalue weighted by atomic mass is 32.1. The number of rotatable bonds is 10. The molecule has 47 heavy (non-hydrogen) atoms. The van der Waals surface area contributed by atoms with Crippen molar-refractivity contribution < 1.29 is 17.9 Å². The van der Waals surface area contributed by atoms with Gasteiger partial charge in [-0.15, -0.1) is 11.3 Å². The van der Waals surface area contributed by atoms with E-state index in [-0.39, 0.29) is 54.4 Å². The van der Waals surface area contributed by atoms with Gasteiger partial charge in [0.1, 0.15) is 28.1 Å². The number of likely N-dealkylation sites (N-methyl/N-ethyl adjacent to an activating group) is 2. The number of aromatic nitrogens is 3. The molecule has 0 spiro atoms. The highest BCUT2D eigenvalue weighted by molar-refractivity contribution is 7.23. The standard InChI is InChI=1S/C34H37F3N8OS/c1-43(2)34(5-4-6-34)16-44(3)31-22-12-40-27(20-10-23(35)25(36)29-24(20)21(11-38)30(39)47-29)26(37)28(22)41-32(42-31)46-17-33(7-8-33)15-45-13-18-9-19(18)14-45/h10,12,18-19H,4-9,13-17,39H2,1-3H3. The number of hydrogen-bond donors (Lipinski definition) is 1. The third-order valence-electron chi connectivity index (χ3n) is 11.1. The van der Waals surface area contributed by atoms with Crippen LogP contribution in [0, 0.1) is 46.0 Å². The fraction of sp³-hybridized carbons (Fsp3) is 0.529. The van der Waals surface area contributed by atoms with E-state index in [1.54, 1.807) is 0 Å². The van der Waals surface area contributed by atoms with Crippen LogP contribution in [0.15, 0.2) is 12.3 Å². The average molecular weight is 663 g/mol. The lowest BCUT2D eigenvalue weighted by Gasteiger charge is -2.49. The first-order chi connectivity index (χ1) is 22.5. The number of pyridine rings is 1. The van der Waals surface area contributed by atoms with Crippen molar-refractivity contribution in [2.24, 2.45) is 17.3 Å². The van der Waals surface area contributed by atoms with Crippen molar-refractivity contribution in [3.05, 3.63) is 35.3 Å². The number of fused-ring (bicyclic) bond motifs is 3. The summed E-state index contributed by atoms with van der Waals surface area (Å²) < 4.78 is 52.6. The van der Waals surface area contributed by atoms with Crippen LogP contribution in [0.3, 0.4) is 0 Å². The van der Waals surface area contributed by atoms with Gasteiger partial charge in [0.25, 0.3) is 0 Å². The zero-order chi connectivity index (χ0) is 32.8. The van der Waals surface area contributed by atoms with Gasteiger partial charge >= 0.3 is 6.01 Å². The summed E-state index contributed by atoms with van der Waals surface area (Å²) in [5.41, 5.74) is 5.57. The Kier molecular flexibility index (Phi) is 7.10. The highest BCUT2D eigenvalue weighted by Gasteiger charge is 2.51. The lowest BCUT2D eigenvalue weighted by molar-refractivity contribution is 0.0682. The number of nitrogens with zero attached hydrogens (tertiary/aromatic N) is 7. The average Bonchev–Trinajstić information content (AvgIpc) is 3.89. The second-order valence-corrected chi connectivity index (χ2v) is 15.5. The first-order valence-electron chi connectivity index (χ1n) is 16.2. The number of piperidine rings is 1. The van der Waals surface area contributed by atoms with Gasteiger partial charge in [-0.05, 0) is 70.5 Å². The fourth-order valence-electron chi connectivity index (χ4n) is 7.78. The molecule has 2 unspecified atom stereocenters. The predicted octanol–water partition coefficient (Wildman–Crippen LogP) is 5.81. The van der Waals surface area contributed by atoms with E-state index in [0.717, 1.165) is 81.0 Å². The molecule has 3 aliphatic carbocycles. The van der Waals surface area contributed by atoms with E-state index in [0.29, 0.717) is 24.4 Å². The molecule has 2 N–H and O–H groups in total. The first-order valence-corrected chi connectivity index (χ1v) is 17.0. The smallest absolute Gasteiger partial charge is 0.319 e. The quantitative estimate of drug-likeness (QED) is 0.225. The van der Waals surface area contributed by atoms with Crippen LogP contribution in [-0.4, -0.2) is 84.2 Å². The zero-order valence-electron chi connectivity index (χ0n) is 26.7. The van der Waals surface area contributed by atoms with Gasteiger partial charge in [-0.2, -0.15) is 15.2 Å². The van der Waals surface area contributed by atoms with Crippen molar-refractivity contribution >= 4 is 43.1 Å². The van der Waals surface area contributed by atoms with Crippen molar-refractivity contribution in [2.45, 2.75) is 44.1 Å². The molecule has 4 fully saturated rings. The summed E-state index contributed by atoms with van der Waals surface area (Å²) in [7, 11) is 6.07. The number of halogens is 3. The molecule has 4 heterocycles. The Morgan fingerprint density at radius 3 is 2.49 bits per heavy atom. The van der Waals surface area contributed by atoms with Crippen molar-refractivity contribution in [3.63, 3.8) is 0 Å². The van der Waals surface area contributed by atoms with E-state index >= 15 is 4.39 Å². The molecule has 13 heteroatoms. The van der Waals surface area contributed by atoms with Crippen LogP contribution in [-0.2, 0) is 0 Å². The topological polar surface area (TPSA) is 107 Å². The number of nitrogen functional groups attached to an aromatic ring is 1. The van der Waals surface area contributed by atoms with Crippen LogP contribution in [0.4, 0.5) is 24.0 Å². The summed E-state index contributed by atoms with van der Waals surface area (Å²) in [6.07, 6.45) is 8.13. The number of hydrogen-bond acceptors (Lipinski definition) is 10. The number of likely N-dealkylation sites (tertiary alicyclic amines) is 1. The third kappa shape index (κ3) is 5.07. The van der Waals surface area contributed by atoms with Crippen LogP contribution in [0.5, 0.6) is 6.01 Å². The minimum absolute atomic E-state index is 0.0159. The SMILES string of the molecule is CN(CC1(N(C)C)CCC1)c1nc(OCC2(CN3CC4CC4C3)CC2)nc2c(F)c(-c3cc(F)c(F)c4sc(N)c(C#N)c34)ncc12. The summed E-state index contributed by atoms with van der Waals surface area (Å²) in [6, 6.07) is 2.89. The minimum Gasteiger partial charge on any atom is -0.463 e. The maximum absolute atomic E-state index is 16.8. The van der Waals surface area contributed by atoms with Crippen LogP contribution < -0.4 is 15.4 Å². The number of nitrogens with two attached hydrogens (primary N) is 1. The van der Waals surface area contributed by atoms with Crippen LogP contribution >= 0.6 is 11.3 Å². The number of thiophene rings is 1. The summed E-state index contributed by atoms with van der Waals surface area (Å²) in [5, 5.41) is 10.2. The van der Waals surface area contributed by atoms with E-state index < -0.39 is 17.5 Å². The molecule has 0 amide bonds. The molecule has 1 saturated heterocycles. The normalized spacial score (nSPS) is 22.3. The van der Waals surface area contributed by atoms with Gasteiger partial charge in [-0.25, -0.2) is 13.2 Å². The Morgan fingerprint density at radius 1 is 1.11 bits per heavy atom. The Bertz CT molecular complexity index is 1960. The maximum atomic E-state index is 16.8. The van der Waals surface area contributed by atoms with Crippen LogP contribution in [0.1, 0.15) is 44.1 Å². The molecule has 1 aromatic carbocycles. The van der Waals surface area contributed by atoms with Crippen molar-refractivity contribution in [2.75, 3.05) is 64.6 Å². The van der Waals surface area contributed by atoms with Crippen LogP contribution in [0.25, 0.3) is 32.2 Å². The van der Waals surface area contributed by atoms with E-state index in [9.17, 15) is 14.0 Å². The number of ether oxygens (including phenoxy) is 1. The van der Waals surface area contributed by atoms with E-state index in [1.807, 2.05) is 18.0 Å². The molecule has 3 aromatic heterocycles. The molecule has 246 valence electrons. The van der Waals surface area contributed by atoms with Crippen molar-refractivity contribution in [3.8, 4) is 23.3 Å². The van der Waals surface area contributed by atoms with Gasteiger partial charge in [0.2, 0.25) is 0 Å². The third-order valence-corrected chi connectivity index (χ3v) is 12.1. The molecule has 2 atom stereocenters. The molecule has 3 saturated carbocycles. The summed E-state index contributed by atoms with van der Waals surface area (Å²) in [5.74, 6) is -0.985. The van der Waals surface area contributed by atoms with E-state index in [2.05, 4.69) is 33.9 Å². The molecule has 9 nitrogen and oxygen atoms in total. The van der Waals surface area contributed by atoms with Gasteiger partial charge in [-0.3, -0.25) is 4.98 Å². The fourth-order valence-corrected chi connectivity index (χ4v) is 8.75. The Hall–Kier alpha value is -3.73. The Balaban J connectivity index is 1.21. The number of benzene rings is 1. The number of anilines is 2. The summed E-state index contributed by atoms with van der Waals surface area (Å²) >= 11 is 0.745. The molecule has 0 radical (unpaired) electrons. The monoisotopic (exact) mass is 662 g/mol.